The van der Waals surface area contributed by atoms with E-state index in [9.17, 15) is 18.0 Å². The van der Waals surface area contributed by atoms with Crippen LogP contribution in [0.15, 0.2) is 113 Å². The van der Waals surface area contributed by atoms with Gasteiger partial charge in [-0.15, -0.1) is 0 Å². The van der Waals surface area contributed by atoms with Crippen LogP contribution in [0.4, 0.5) is 22.7 Å². The summed E-state index contributed by atoms with van der Waals surface area (Å²) in [6, 6.07) is 30.0. The summed E-state index contributed by atoms with van der Waals surface area (Å²) in [7, 11) is -2.04. The van der Waals surface area contributed by atoms with Crippen molar-refractivity contribution in [1.82, 2.24) is 4.90 Å². The van der Waals surface area contributed by atoms with Crippen molar-refractivity contribution in [3.05, 3.63) is 114 Å². The highest BCUT2D eigenvalue weighted by Gasteiger charge is 2.36. The zero-order valence-corrected chi connectivity index (χ0v) is 25.8. The van der Waals surface area contributed by atoms with Gasteiger partial charge in [0.2, 0.25) is 11.8 Å². The van der Waals surface area contributed by atoms with Crippen molar-refractivity contribution in [3.8, 4) is 0 Å². The van der Waals surface area contributed by atoms with E-state index in [4.69, 9.17) is 4.99 Å². The Balaban J connectivity index is 1.29. The van der Waals surface area contributed by atoms with Gasteiger partial charge in [-0.1, -0.05) is 55.0 Å². The van der Waals surface area contributed by atoms with Crippen molar-refractivity contribution in [2.75, 3.05) is 41.6 Å². The Kier molecular flexibility index (Phi) is 8.77. The number of fused-ring (bicyclic) bond motifs is 1. The van der Waals surface area contributed by atoms with Crippen molar-refractivity contribution in [2.24, 2.45) is 4.99 Å². The molecule has 0 spiro atoms. The second kappa shape index (κ2) is 13.1. The Morgan fingerprint density at radius 2 is 1.58 bits per heavy atom. The number of hydrogen-bond acceptors (Lipinski definition) is 6. The predicted octanol–water partition coefficient (Wildman–Crippen LogP) is 5.79. The van der Waals surface area contributed by atoms with Crippen LogP contribution in [-0.4, -0.2) is 57.5 Å². The molecule has 2 N–H and O–H groups in total. The fourth-order valence-corrected chi connectivity index (χ4v) is 6.83. The number of anilines is 3. The average Bonchev–Trinajstić information content (AvgIpc) is 3.39. The highest BCUT2D eigenvalue weighted by molar-refractivity contribution is 7.92. The van der Waals surface area contributed by atoms with Gasteiger partial charge in [-0.2, -0.15) is 0 Å². The molecule has 0 aromatic heterocycles. The smallest absolute Gasteiger partial charge is 0.261 e. The summed E-state index contributed by atoms with van der Waals surface area (Å²) in [5.74, 6) is -0.997. The van der Waals surface area contributed by atoms with Crippen molar-refractivity contribution < 1.29 is 18.0 Å². The number of hydrogen-bond donors (Lipinski definition) is 2. The van der Waals surface area contributed by atoms with Gasteiger partial charge in [0.1, 0.15) is 5.92 Å². The molecule has 0 saturated carbocycles. The monoisotopic (exact) mass is 621 g/mol. The van der Waals surface area contributed by atoms with Crippen LogP contribution in [-0.2, 0) is 19.6 Å². The van der Waals surface area contributed by atoms with Gasteiger partial charge in [-0.25, -0.2) is 8.42 Å². The Morgan fingerprint density at radius 3 is 2.27 bits per heavy atom. The topological polar surface area (TPSA) is 111 Å². The van der Waals surface area contributed by atoms with E-state index in [1.807, 2.05) is 54.6 Å². The molecular formula is C35H35N5O4S. The van der Waals surface area contributed by atoms with Crippen LogP contribution in [0.1, 0.15) is 36.3 Å². The highest BCUT2D eigenvalue weighted by Crippen LogP contribution is 2.38. The number of likely N-dealkylation sites (tertiary alicyclic amines) is 1. The molecule has 1 atom stereocenters. The number of nitrogens with zero attached hydrogens (tertiary/aromatic N) is 3. The van der Waals surface area contributed by atoms with Gasteiger partial charge in [-0.05, 0) is 91.7 Å². The molecule has 0 bridgehead atoms. The summed E-state index contributed by atoms with van der Waals surface area (Å²) in [6.45, 7) is 2.30. The van der Waals surface area contributed by atoms with E-state index < -0.39 is 15.9 Å². The number of aliphatic imine (C=N–C) groups is 1. The lowest BCUT2D eigenvalue weighted by molar-refractivity contribution is -0.119. The molecule has 45 heavy (non-hydrogen) atoms. The molecule has 0 radical (unpaired) electrons. The minimum atomic E-state index is -3.82. The lowest BCUT2D eigenvalue weighted by Crippen LogP contribution is -2.40. The molecule has 2 aliphatic rings. The van der Waals surface area contributed by atoms with Crippen molar-refractivity contribution in [1.29, 1.82) is 0 Å². The maximum Gasteiger partial charge on any atom is 0.261 e. The van der Waals surface area contributed by atoms with Crippen LogP contribution in [0.2, 0.25) is 0 Å². The van der Waals surface area contributed by atoms with Gasteiger partial charge in [-0.3, -0.25) is 24.2 Å². The summed E-state index contributed by atoms with van der Waals surface area (Å²) in [6.07, 6.45) is 3.47. The van der Waals surface area contributed by atoms with Gasteiger partial charge in [0, 0.05) is 24.1 Å². The van der Waals surface area contributed by atoms with Gasteiger partial charge in [0.25, 0.3) is 10.0 Å². The molecule has 2 aliphatic heterocycles. The zero-order chi connectivity index (χ0) is 31.4. The number of carbonyl (C=O) groups excluding carboxylic acids is 2. The van der Waals surface area contributed by atoms with Gasteiger partial charge in [0.05, 0.1) is 22.8 Å². The molecule has 10 heteroatoms. The first kappa shape index (κ1) is 30.2. The van der Waals surface area contributed by atoms with Crippen LogP contribution in [0.5, 0.6) is 0 Å². The Hall–Kier alpha value is -4.80. The SMILES string of the molecule is CN(C(=O)CN1CCCCC1)c1ccc(N=C(c2ccccc2)C2C(=O)Nc3ccc(NS(=O)(=O)c4ccccc4)cc32)cc1. The number of benzene rings is 4. The van der Waals surface area contributed by atoms with Crippen LogP contribution in [0, 0.1) is 0 Å². The minimum absolute atomic E-state index is 0.0380. The number of likely N-dealkylation sites (N-methyl/N-ethyl adjacent to an activating group) is 1. The molecule has 2 heterocycles. The predicted molar refractivity (Wildman–Crippen MR) is 178 cm³/mol. The van der Waals surface area contributed by atoms with Crippen molar-refractivity contribution in [3.63, 3.8) is 0 Å². The fraction of sp³-hybridized carbons (Fsp3) is 0.229. The molecule has 6 rings (SSSR count). The third-order valence-electron chi connectivity index (χ3n) is 8.20. The second-order valence-electron chi connectivity index (χ2n) is 11.3. The van der Waals surface area contributed by atoms with Crippen LogP contribution >= 0.6 is 0 Å². The largest absolute Gasteiger partial charge is 0.325 e. The first-order chi connectivity index (χ1) is 21.8. The van der Waals surface area contributed by atoms with Crippen LogP contribution < -0.4 is 14.9 Å². The maximum absolute atomic E-state index is 13.5. The average molecular weight is 622 g/mol. The van der Waals surface area contributed by atoms with E-state index in [2.05, 4.69) is 14.9 Å². The lowest BCUT2D eigenvalue weighted by atomic mass is 9.90. The van der Waals surface area contributed by atoms with Crippen molar-refractivity contribution in [2.45, 2.75) is 30.1 Å². The molecule has 4 aromatic rings. The summed E-state index contributed by atoms with van der Waals surface area (Å²) >= 11 is 0. The number of sulfonamides is 1. The van der Waals surface area contributed by atoms with Crippen molar-refractivity contribution >= 4 is 50.3 Å². The number of nitrogens with one attached hydrogen (secondary N) is 2. The summed E-state index contributed by atoms with van der Waals surface area (Å²) < 4.78 is 28.7. The Morgan fingerprint density at radius 1 is 0.911 bits per heavy atom. The van der Waals surface area contributed by atoms with Gasteiger partial charge in [0.15, 0.2) is 0 Å². The number of piperidine rings is 1. The van der Waals surface area contributed by atoms with Crippen LogP contribution in [0.3, 0.4) is 0 Å². The number of amides is 2. The molecule has 230 valence electrons. The first-order valence-electron chi connectivity index (χ1n) is 15.0. The Bertz CT molecular complexity index is 1820. The van der Waals surface area contributed by atoms with Crippen LogP contribution in [0.25, 0.3) is 0 Å². The van der Waals surface area contributed by atoms with Gasteiger partial charge < -0.3 is 10.2 Å². The summed E-state index contributed by atoms with van der Waals surface area (Å²) in [5.41, 5.74) is 4.23. The molecule has 9 nitrogen and oxygen atoms in total. The zero-order valence-electron chi connectivity index (χ0n) is 25.0. The molecule has 2 amide bonds. The standard InChI is InChI=1S/C35H35N5O4S/c1-39(32(41)24-40-21-9-4-10-22-40)28-18-15-26(16-19-28)36-34(25-11-5-2-6-12-25)33-30-23-27(17-20-31(30)37-35(33)42)38-45(43,44)29-13-7-3-8-14-29/h2-3,5-8,11-20,23,33,38H,4,9-10,21-22,24H2,1H3,(H,37,42). The second-order valence-corrected chi connectivity index (χ2v) is 13.0. The minimum Gasteiger partial charge on any atom is -0.325 e. The normalized spacial score (nSPS) is 17.0. The number of rotatable bonds is 9. The fourth-order valence-electron chi connectivity index (χ4n) is 5.76. The molecule has 0 aliphatic carbocycles. The van der Waals surface area contributed by atoms with E-state index in [1.54, 1.807) is 48.3 Å². The molecule has 1 fully saturated rings. The third kappa shape index (κ3) is 6.82. The van der Waals surface area contributed by atoms with E-state index in [0.29, 0.717) is 34.9 Å². The van der Waals surface area contributed by atoms with E-state index in [1.165, 1.54) is 18.6 Å². The summed E-state index contributed by atoms with van der Waals surface area (Å²) in [5, 5.41) is 2.93. The third-order valence-corrected chi connectivity index (χ3v) is 9.60. The first-order valence-corrected chi connectivity index (χ1v) is 16.5. The summed E-state index contributed by atoms with van der Waals surface area (Å²) in [4.78, 5) is 35.4. The molecular weight excluding hydrogens is 586 g/mol. The Labute approximate surface area is 263 Å². The van der Waals surface area contributed by atoms with E-state index >= 15 is 0 Å². The number of carbonyl (C=O) groups is 2. The van der Waals surface area contributed by atoms with E-state index in [0.717, 1.165) is 37.2 Å². The highest BCUT2D eigenvalue weighted by atomic mass is 32.2. The molecule has 4 aromatic carbocycles. The maximum atomic E-state index is 13.5. The lowest BCUT2D eigenvalue weighted by Gasteiger charge is -2.28. The van der Waals surface area contributed by atoms with E-state index in [-0.39, 0.29) is 16.7 Å². The molecule has 1 saturated heterocycles. The quantitative estimate of drug-likeness (QED) is 0.230. The molecule has 1 unspecified atom stereocenters. The van der Waals surface area contributed by atoms with Gasteiger partial charge >= 0.3 is 0 Å².